The van der Waals surface area contributed by atoms with Crippen molar-refractivity contribution in [2.45, 2.75) is 38.1 Å². The highest BCUT2D eigenvalue weighted by Gasteiger charge is 2.33. The summed E-state index contributed by atoms with van der Waals surface area (Å²) in [6.45, 7) is 0.649. The smallest absolute Gasteiger partial charge is 0.273 e. The number of nitrogens with zero attached hydrogens (tertiary/aromatic N) is 2. The Kier molecular flexibility index (Phi) is 11.5. The monoisotopic (exact) mass is 616 g/mol. The lowest BCUT2D eigenvalue weighted by Crippen LogP contribution is -2.39. The van der Waals surface area contributed by atoms with Crippen molar-refractivity contribution in [2.75, 3.05) is 13.7 Å². The predicted molar refractivity (Wildman–Crippen MR) is 174 cm³/mol. The van der Waals surface area contributed by atoms with Crippen molar-refractivity contribution in [1.29, 1.82) is 5.26 Å². The van der Waals surface area contributed by atoms with Crippen molar-refractivity contribution in [3.8, 4) is 17.5 Å². The highest BCUT2D eigenvalue weighted by atomic mass is 16.6. The molecule has 0 aliphatic heterocycles. The first-order chi connectivity index (χ1) is 22.6. The summed E-state index contributed by atoms with van der Waals surface area (Å²) in [6.07, 6.45) is -1.32. The molecule has 1 heterocycles. The van der Waals surface area contributed by atoms with Crippen molar-refractivity contribution in [3.63, 3.8) is 0 Å². The zero-order chi connectivity index (χ0) is 32.1. The fraction of sp³-hybridized carbons (Fsp3) is 0.211. The number of hydrogen-bond donors (Lipinski definition) is 1. The van der Waals surface area contributed by atoms with E-state index in [9.17, 15) is 15.2 Å². The number of pyridine rings is 1. The zero-order valence-corrected chi connectivity index (χ0v) is 25.6. The third-order valence-electron chi connectivity index (χ3n) is 7.47. The zero-order valence-electron chi connectivity index (χ0n) is 25.6. The van der Waals surface area contributed by atoms with Crippen LogP contribution in [0.4, 0.5) is 0 Å². The van der Waals surface area contributed by atoms with E-state index in [4.69, 9.17) is 18.9 Å². The summed E-state index contributed by atoms with van der Waals surface area (Å²) in [7, 11) is 1.56. The van der Waals surface area contributed by atoms with E-state index in [2.05, 4.69) is 0 Å². The Morgan fingerprint density at radius 3 is 1.85 bits per heavy atom. The molecular weight excluding hydrogens is 580 g/mol. The molecule has 5 aromatic rings. The average Bonchev–Trinajstić information content (AvgIpc) is 3.11. The molecule has 3 atom stereocenters. The van der Waals surface area contributed by atoms with Gasteiger partial charge in [-0.25, -0.2) is 0 Å². The van der Waals surface area contributed by atoms with Gasteiger partial charge in [-0.15, -0.1) is 0 Å². The van der Waals surface area contributed by atoms with Crippen LogP contribution < -0.4 is 10.3 Å². The lowest BCUT2D eigenvalue weighted by molar-refractivity contribution is -0.150. The largest absolute Gasteiger partial charge is 0.497 e. The normalized spacial score (nSPS) is 13.0. The van der Waals surface area contributed by atoms with Crippen LogP contribution in [-0.2, 0) is 34.0 Å². The first kappa shape index (κ1) is 32.4. The molecule has 0 aliphatic rings. The standard InChI is InChI=1S/C38H36N2O6/c1-43-34-19-17-33(18-20-34)40-23-32(21-31(22-39)38(40)42)36(45-25-29-13-7-3-8-14-29)37(46-26-30-15-9-4-10-16-30)35(41)27-44-24-28-11-5-2-6-12-28/h2-21,23,35-37,41H,24-27H2,1H3/t35-,36-,37+/m1/s1. The van der Waals surface area contributed by atoms with Gasteiger partial charge in [-0.1, -0.05) is 91.0 Å². The summed E-state index contributed by atoms with van der Waals surface area (Å²) in [5.74, 6) is 0.630. The topological polar surface area (TPSA) is 103 Å². The van der Waals surface area contributed by atoms with Crippen molar-refractivity contribution in [3.05, 3.63) is 166 Å². The number of rotatable bonds is 15. The maximum Gasteiger partial charge on any atom is 0.273 e. The number of methoxy groups -OCH3 is 1. The Balaban J connectivity index is 1.53. The van der Waals surface area contributed by atoms with Crippen LogP contribution in [0.25, 0.3) is 5.69 Å². The Morgan fingerprint density at radius 1 is 0.761 bits per heavy atom. The van der Waals surface area contributed by atoms with Gasteiger partial charge >= 0.3 is 0 Å². The van der Waals surface area contributed by atoms with Gasteiger partial charge in [0.25, 0.3) is 5.56 Å². The van der Waals surface area contributed by atoms with E-state index in [1.807, 2.05) is 97.1 Å². The molecule has 8 nitrogen and oxygen atoms in total. The van der Waals surface area contributed by atoms with Gasteiger partial charge in [-0.3, -0.25) is 9.36 Å². The molecule has 0 radical (unpaired) electrons. The van der Waals surface area contributed by atoms with Gasteiger partial charge in [-0.05, 0) is 47.0 Å². The van der Waals surface area contributed by atoms with Crippen LogP contribution in [0.2, 0.25) is 0 Å². The molecule has 0 saturated carbocycles. The van der Waals surface area contributed by atoms with E-state index >= 15 is 0 Å². The number of nitriles is 1. The number of aliphatic hydroxyl groups excluding tert-OH is 1. The molecule has 1 aromatic heterocycles. The van der Waals surface area contributed by atoms with E-state index in [1.165, 1.54) is 10.6 Å². The van der Waals surface area contributed by atoms with Gasteiger partial charge in [0.15, 0.2) is 0 Å². The predicted octanol–water partition coefficient (Wildman–Crippen LogP) is 6.14. The van der Waals surface area contributed by atoms with Crippen LogP contribution in [0.3, 0.4) is 0 Å². The Labute approximate surface area is 268 Å². The molecule has 8 heteroatoms. The van der Waals surface area contributed by atoms with Crippen LogP contribution in [0.1, 0.15) is 33.9 Å². The molecule has 1 N–H and O–H groups in total. The fourth-order valence-electron chi connectivity index (χ4n) is 5.05. The number of aromatic nitrogens is 1. The molecule has 5 rings (SSSR count). The van der Waals surface area contributed by atoms with Crippen molar-refractivity contribution >= 4 is 0 Å². The molecule has 234 valence electrons. The van der Waals surface area contributed by atoms with Crippen LogP contribution in [-0.4, -0.2) is 35.6 Å². The Morgan fingerprint density at radius 2 is 1.30 bits per heavy atom. The number of aliphatic hydroxyl groups is 1. The molecule has 0 aliphatic carbocycles. The van der Waals surface area contributed by atoms with Crippen LogP contribution in [0.5, 0.6) is 5.75 Å². The van der Waals surface area contributed by atoms with Crippen molar-refractivity contribution in [1.82, 2.24) is 4.57 Å². The van der Waals surface area contributed by atoms with Gasteiger partial charge in [0, 0.05) is 17.4 Å². The molecule has 0 saturated heterocycles. The molecule has 0 bridgehead atoms. The maximum absolute atomic E-state index is 13.4. The minimum atomic E-state index is -1.12. The number of hydrogen-bond acceptors (Lipinski definition) is 7. The van der Waals surface area contributed by atoms with Gasteiger partial charge in [0.2, 0.25) is 0 Å². The van der Waals surface area contributed by atoms with Gasteiger partial charge in [-0.2, -0.15) is 5.26 Å². The second kappa shape index (κ2) is 16.3. The Hall–Kier alpha value is -5.04. The van der Waals surface area contributed by atoms with Crippen molar-refractivity contribution in [2.24, 2.45) is 0 Å². The number of ether oxygens (including phenoxy) is 4. The molecular formula is C38H36N2O6. The average molecular weight is 617 g/mol. The first-order valence-electron chi connectivity index (χ1n) is 15.0. The van der Waals surface area contributed by atoms with E-state index in [1.54, 1.807) is 37.6 Å². The third kappa shape index (κ3) is 8.57. The molecule has 0 fully saturated rings. The van der Waals surface area contributed by atoms with E-state index in [0.717, 1.165) is 16.7 Å². The van der Waals surface area contributed by atoms with Crippen molar-refractivity contribution < 1.29 is 24.1 Å². The van der Waals surface area contributed by atoms with Crippen LogP contribution in [0, 0.1) is 11.3 Å². The second-order valence-electron chi connectivity index (χ2n) is 10.7. The van der Waals surface area contributed by atoms with Gasteiger partial charge in [0.05, 0.1) is 33.5 Å². The van der Waals surface area contributed by atoms with E-state index in [0.29, 0.717) is 23.6 Å². The molecule has 0 amide bonds. The summed E-state index contributed by atoms with van der Waals surface area (Å²) in [5.41, 5.74) is 3.27. The summed E-state index contributed by atoms with van der Waals surface area (Å²) in [6, 6.07) is 39.5. The summed E-state index contributed by atoms with van der Waals surface area (Å²) >= 11 is 0. The van der Waals surface area contributed by atoms with Gasteiger partial charge < -0.3 is 24.1 Å². The third-order valence-corrected chi connectivity index (χ3v) is 7.47. The first-order valence-corrected chi connectivity index (χ1v) is 15.0. The highest BCUT2D eigenvalue weighted by Crippen LogP contribution is 2.30. The van der Waals surface area contributed by atoms with Gasteiger partial charge in [0.1, 0.15) is 35.7 Å². The quantitative estimate of drug-likeness (QED) is 0.151. The van der Waals surface area contributed by atoms with Crippen LogP contribution in [0.15, 0.2) is 132 Å². The SMILES string of the molecule is COc1ccc(-n2cc([C@@H](OCc3ccccc3)[C@@H](OCc3ccccc3)[C@H](O)COCc3ccccc3)cc(C#N)c2=O)cc1. The lowest BCUT2D eigenvalue weighted by atomic mass is 9.99. The number of benzene rings is 4. The molecule has 0 unspecified atom stereocenters. The lowest BCUT2D eigenvalue weighted by Gasteiger charge is -2.32. The summed E-state index contributed by atoms with van der Waals surface area (Å²) < 4.78 is 25.6. The summed E-state index contributed by atoms with van der Waals surface area (Å²) in [5, 5.41) is 21.6. The highest BCUT2D eigenvalue weighted by molar-refractivity contribution is 5.41. The van der Waals surface area contributed by atoms with Crippen LogP contribution >= 0.6 is 0 Å². The fourth-order valence-corrected chi connectivity index (χ4v) is 5.05. The second-order valence-corrected chi connectivity index (χ2v) is 10.7. The molecule has 4 aromatic carbocycles. The minimum Gasteiger partial charge on any atom is -0.497 e. The van der Waals surface area contributed by atoms with E-state index < -0.39 is 23.9 Å². The molecule has 0 spiro atoms. The Bertz CT molecular complexity index is 1750. The molecule has 46 heavy (non-hydrogen) atoms. The van der Waals surface area contributed by atoms with E-state index in [-0.39, 0.29) is 25.4 Å². The maximum atomic E-state index is 13.4. The summed E-state index contributed by atoms with van der Waals surface area (Å²) in [4.78, 5) is 13.4. The minimum absolute atomic E-state index is 0.0389.